The monoisotopic (exact) mass is 275 g/mol. The van der Waals surface area contributed by atoms with E-state index in [1.54, 1.807) is 0 Å². The van der Waals surface area contributed by atoms with Crippen molar-refractivity contribution in [2.45, 2.75) is 83.8 Å². The number of nitrogens with zero attached hydrogens (tertiary/aromatic N) is 3. The van der Waals surface area contributed by atoms with E-state index in [4.69, 9.17) is 4.98 Å². The quantitative estimate of drug-likeness (QED) is 0.840. The van der Waals surface area contributed by atoms with E-state index in [2.05, 4.69) is 36.4 Å². The molecule has 3 heterocycles. The van der Waals surface area contributed by atoms with Crippen LogP contribution in [0.4, 0.5) is 0 Å². The lowest BCUT2D eigenvalue weighted by atomic mass is 9.96. The second-order valence-electron chi connectivity index (χ2n) is 6.98. The van der Waals surface area contributed by atoms with Gasteiger partial charge in [-0.05, 0) is 52.0 Å². The molecule has 2 atom stereocenters. The maximum atomic E-state index is 4.77. The first-order chi connectivity index (χ1) is 9.66. The van der Waals surface area contributed by atoms with Crippen molar-refractivity contribution in [3.05, 3.63) is 17.7 Å². The highest BCUT2D eigenvalue weighted by Crippen LogP contribution is 2.29. The number of rotatable bonds is 3. The van der Waals surface area contributed by atoms with Crippen molar-refractivity contribution < 1.29 is 0 Å². The van der Waals surface area contributed by atoms with E-state index >= 15 is 0 Å². The summed E-state index contributed by atoms with van der Waals surface area (Å²) in [7, 11) is 0. The molecule has 2 aliphatic rings. The van der Waals surface area contributed by atoms with Crippen LogP contribution in [0.15, 0.2) is 6.20 Å². The number of fused-ring (bicyclic) bond motifs is 1. The topological polar surface area (TPSA) is 21.1 Å². The molecule has 112 valence electrons. The molecule has 0 amide bonds. The zero-order chi connectivity index (χ0) is 14.1. The molecule has 1 saturated heterocycles. The maximum Gasteiger partial charge on any atom is 0.110 e. The average Bonchev–Trinajstić information content (AvgIpc) is 2.84. The van der Waals surface area contributed by atoms with Crippen molar-refractivity contribution in [3.8, 4) is 0 Å². The van der Waals surface area contributed by atoms with Gasteiger partial charge in [-0.3, -0.25) is 4.90 Å². The van der Waals surface area contributed by atoms with Gasteiger partial charge >= 0.3 is 0 Å². The number of aromatic nitrogens is 2. The summed E-state index contributed by atoms with van der Waals surface area (Å²) in [5.74, 6) is 2.03. The number of likely N-dealkylation sites (tertiary alicyclic amines) is 1. The molecule has 1 aromatic heterocycles. The molecule has 3 nitrogen and oxygen atoms in total. The zero-order valence-corrected chi connectivity index (χ0v) is 13.3. The molecule has 0 spiro atoms. The van der Waals surface area contributed by atoms with Crippen LogP contribution in [-0.4, -0.2) is 33.1 Å². The summed E-state index contributed by atoms with van der Waals surface area (Å²) in [5.41, 5.74) is 1.47. The van der Waals surface area contributed by atoms with Gasteiger partial charge in [0.2, 0.25) is 0 Å². The molecule has 2 unspecified atom stereocenters. The number of piperidine rings is 1. The molecule has 0 saturated carbocycles. The summed E-state index contributed by atoms with van der Waals surface area (Å²) in [4.78, 5) is 7.46. The molecule has 1 fully saturated rings. The number of hydrogen-bond donors (Lipinski definition) is 0. The zero-order valence-electron chi connectivity index (χ0n) is 13.3. The van der Waals surface area contributed by atoms with E-state index in [-0.39, 0.29) is 0 Å². The van der Waals surface area contributed by atoms with E-state index in [1.807, 2.05) is 0 Å². The largest absolute Gasteiger partial charge is 0.332 e. The van der Waals surface area contributed by atoms with Crippen LogP contribution in [0.5, 0.6) is 0 Å². The molecular weight excluding hydrogens is 246 g/mol. The molecule has 0 aromatic carbocycles. The highest BCUT2D eigenvalue weighted by molar-refractivity contribution is 5.13. The van der Waals surface area contributed by atoms with Gasteiger partial charge in [0.15, 0.2) is 0 Å². The van der Waals surface area contributed by atoms with Crippen LogP contribution in [0, 0.1) is 0 Å². The Hall–Kier alpha value is -0.830. The van der Waals surface area contributed by atoms with Gasteiger partial charge in [-0.2, -0.15) is 0 Å². The molecule has 3 heteroatoms. The van der Waals surface area contributed by atoms with E-state index in [9.17, 15) is 0 Å². The van der Waals surface area contributed by atoms with Crippen LogP contribution >= 0.6 is 0 Å². The Balaban J connectivity index is 1.77. The van der Waals surface area contributed by atoms with Crippen molar-refractivity contribution in [1.29, 1.82) is 0 Å². The van der Waals surface area contributed by atoms with Crippen LogP contribution in [-0.2, 0) is 13.0 Å². The third-order valence-corrected chi connectivity index (χ3v) is 5.25. The lowest BCUT2D eigenvalue weighted by Crippen LogP contribution is -2.45. The Kier molecular flexibility index (Phi) is 4.16. The van der Waals surface area contributed by atoms with E-state index < -0.39 is 0 Å². The minimum absolute atomic E-state index is 0.662. The summed E-state index contributed by atoms with van der Waals surface area (Å²) < 4.78 is 2.52. The Morgan fingerprint density at radius 2 is 2.05 bits per heavy atom. The molecular formula is C17H29N3. The van der Waals surface area contributed by atoms with Gasteiger partial charge in [0.25, 0.3) is 0 Å². The molecule has 1 aromatic rings. The van der Waals surface area contributed by atoms with Gasteiger partial charge in [-0.15, -0.1) is 0 Å². The van der Waals surface area contributed by atoms with E-state index in [1.165, 1.54) is 56.7 Å². The maximum absolute atomic E-state index is 4.77. The van der Waals surface area contributed by atoms with Crippen molar-refractivity contribution in [2.75, 3.05) is 6.54 Å². The Morgan fingerprint density at radius 3 is 2.85 bits per heavy atom. The first-order valence-electron chi connectivity index (χ1n) is 8.47. The summed E-state index contributed by atoms with van der Waals surface area (Å²) in [6, 6.07) is 1.36. The normalized spacial score (nSPS) is 27.8. The van der Waals surface area contributed by atoms with Crippen molar-refractivity contribution in [1.82, 2.24) is 14.5 Å². The summed E-state index contributed by atoms with van der Waals surface area (Å²) >= 11 is 0. The molecule has 20 heavy (non-hydrogen) atoms. The minimum atomic E-state index is 0.662. The predicted molar refractivity (Wildman–Crippen MR) is 83.1 cm³/mol. The standard InChI is InChI=1S/C17H29N3/c1-13(2)19-9-5-4-8-15(19)11-17-18-12-16-14(3)7-6-10-20(16)17/h12-15H,4-11H2,1-3H3. The number of hydrogen-bond acceptors (Lipinski definition) is 2. The molecule has 3 rings (SSSR count). The first-order valence-corrected chi connectivity index (χ1v) is 8.47. The summed E-state index contributed by atoms with van der Waals surface area (Å²) in [6.07, 6.45) is 10.0. The van der Waals surface area contributed by atoms with Crippen LogP contribution in [0.1, 0.15) is 70.3 Å². The lowest BCUT2D eigenvalue weighted by molar-refractivity contribution is 0.109. The SMILES string of the molecule is CC1CCCn2c1cnc2CC1CCCCN1C(C)C. The fourth-order valence-electron chi connectivity index (χ4n) is 4.08. The first kappa shape index (κ1) is 14.1. The second-order valence-corrected chi connectivity index (χ2v) is 6.98. The summed E-state index contributed by atoms with van der Waals surface area (Å²) in [5, 5.41) is 0. The molecule has 0 aliphatic carbocycles. The average molecular weight is 275 g/mol. The van der Waals surface area contributed by atoms with Crippen LogP contribution in [0.25, 0.3) is 0 Å². The van der Waals surface area contributed by atoms with E-state index in [0.717, 1.165) is 6.42 Å². The molecule has 0 radical (unpaired) electrons. The van der Waals surface area contributed by atoms with Gasteiger partial charge < -0.3 is 4.57 Å². The fourth-order valence-corrected chi connectivity index (χ4v) is 4.08. The van der Waals surface area contributed by atoms with Crippen molar-refractivity contribution >= 4 is 0 Å². The highest BCUT2D eigenvalue weighted by atomic mass is 15.2. The highest BCUT2D eigenvalue weighted by Gasteiger charge is 2.27. The van der Waals surface area contributed by atoms with Crippen LogP contribution in [0.3, 0.4) is 0 Å². The van der Waals surface area contributed by atoms with Crippen LogP contribution < -0.4 is 0 Å². The molecule has 2 aliphatic heterocycles. The van der Waals surface area contributed by atoms with Gasteiger partial charge in [0.05, 0.1) is 0 Å². The van der Waals surface area contributed by atoms with E-state index in [0.29, 0.717) is 18.0 Å². The lowest BCUT2D eigenvalue weighted by Gasteiger charge is -2.38. The van der Waals surface area contributed by atoms with Crippen molar-refractivity contribution in [3.63, 3.8) is 0 Å². The Morgan fingerprint density at radius 1 is 1.20 bits per heavy atom. The van der Waals surface area contributed by atoms with Gasteiger partial charge in [0.1, 0.15) is 5.82 Å². The van der Waals surface area contributed by atoms with Crippen LogP contribution in [0.2, 0.25) is 0 Å². The predicted octanol–water partition coefficient (Wildman–Crippen LogP) is 3.59. The number of imidazole rings is 1. The Bertz CT molecular complexity index is 449. The van der Waals surface area contributed by atoms with Gasteiger partial charge in [0, 0.05) is 36.9 Å². The molecule has 0 N–H and O–H groups in total. The third-order valence-electron chi connectivity index (χ3n) is 5.25. The Labute approximate surface area is 123 Å². The smallest absolute Gasteiger partial charge is 0.110 e. The fraction of sp³-hybridized carbons (Fsp3) is 0.824. The van der Waals surface area contributed by atoms with Gasteiger partial charge in [-0.25, -0.2) is 4.98 Å². The third kappa shape index (κ3) is 2.65. The summed E-state index contributed by atoms with van der Waals surface area (Å²) in [6.45, 7) is 9.47. The van der Waals surface area contributed by atoms with Crippen molar-refractivity contribution in [2.24, 2.45) is 0 Å². The minimum Gasteiger partial charge on any atom is -0.332 e. The van der Waals surface area contributed by atoms with Gasteiger partial charge in [-0.1, -0.05) is 13.3 Å². The second kappa shape index (κ2) is 5.88. The molecule has 0 bridgehead atoms.